The summed E-state index contributed by atoms with van der Waals surface area (Å²) in [7, 11) is 0. The Balaban J connectivity index is 1.22. The maximum Gasteiger partial charge on any atom is 0.333 e. The van der Waals surface area contributed by atoms with Gasteiger partial charge in [-0.15, -0.1) is 11.3 Å². The highest BCUT2D eigenvalue weighted by molar-refractivity contribution is 7.27. The molecule has 0 amide bonds. The lowest BCUT2D eigenvalue weighted by molar-refractivity contribution is 0.590. The molecule has 3 nitrogen and oxygen atoms in total. The predicted molar refractivity (Wildman–Crippen MR) is 252 cm³/mol. The van der Waals surface area contributed by atoms with Gasteiger partial charge in [-0.25, -0.2) is 0 Å². The zero-order chi connectivity index (χ0) is 39.7. The molecule has 2 aliphatic heterocycles. The Bertz CT molecular complexity index is 3030. The summed E-state index contributed by atoms with van der Waals surface area (Å²) >= 11 is 1.93. The first-order valence-electron chi connectivity index (χ1n) is 20.6. The summed E-state index contributed by atoms with van der Waals surface area (Å²) < 4.78 is 5.41. The Morgan fingerprint density at radius 2 is 1.16 bits per heavy atom. The van der Waals surface area contributed by atoms with E-state index in [4.69, 9.17) is 0 Å². The minimum Gasteiger partial charge on any atom is -0.374 e. The van der Waals surface area contributed by atoms with Crippen LogP contribution in [0.2, 0.25) is 0 Å². The Morgan fingerprint density at radius 3 is 1.83 bits per heavy atom. The lowest BCUT2D eigenvalue weighted by Crippen LogP contribution is -2.56. The summed E-state index contributed by atoms with van der Waals surface area (Å²) in [5.41, 5.74) is 19.1. The maximum absolute atomic E-state index is 2.71. The van der Waals surface area contributed by atoms with E-state index in [0.717, 1.165) is 22.7 Å². The molecule has 0 unspecified atom stereocenters. The predicted octanol–water partition coefficient (Wildman–Crippen LogP) is 13.8. The van der Waals surface area contributed by atoms with Crippen LogP contribution in [0.5, 0.6) is 0 Å². The molecule has 0 atom stereocenters. The molecule has 11 rings (SSSR count). The summed E-state index contributed by atoms with van der Waals surface area (Å²) in [6.45, 7) is 15.9. The number of benzene rings is 7. The molecule has 0 fully saturated rings. The van der Waals surface area contributed by atoms with E-state index in [2.05, 4.69) is 214 Å². The molecule has 2 aliphatic rings. The second-order valence-electron chi connectivity index (χ2n) is 18.3. The first-order chi connectivity index (χ1) is 28.0. The van der Waals surface area contributed by atoms with Crippen molar-refractivity contribution in [3.63, 3.8) is 0 Å². The number of fused-ring (bicyclic) bond motifs is 9. The van der Waals surface area contributed by atoms with Crippen LogP contribution < -0.4 is 20.7 Å². The number of para-hydroxylation sites is 2. The van der Waals surface area contributed by atoms with Gasteiger partial charge in [0.25, 0.3) is 0 Å². The van der Waals surface area contributed by atoms with Crippen molar-refractivity contribution in [1.82, 2.24) is 4.48 Å². The fourth-order valence-electron chi connectivity index (χ4n) is 9.68. The van der Waals surface area contributed by atoms with E-state index in [0.29, 0.717) is 0 Å². The molecular weight excluding hydrogens is 721 g/mol. The van der Waals surface area contributed by atoms with Gasteiger partial charge in [0.1, 0.15) is 0 Å². The van der Waals surface area contributed by atoms with Crippen LogP contribution in [-0.2, 0) is 10.8 Å². The topological polar surface area (TPSA) is 11.4 Å². The fraction of sp³-hybridized carbons (Fsp3) is 0.170. The largest absolute Gasteiger partial charge is 0.374 e. The van der Waals surface area contributed by atoms with Crippen molar-refractivity contribution in [1.29, 1.82) is 0 Å². The van der Waals surface area contributed by atoms with Crippen molar-refractivity contribution in [2.75, 3.05) is 9.80 Å². The molecule has 0 radical (unpaired) electrons. The van der Waals surface area contributed by atoms with Gasteiger partial charge in [0.2, 0.25) is 0 Å². The van der Waals surface area contributed by atoms with Crippen LogP contribution in [0.15, 0.2) is 152 Å². The van der Waals surface area contributed by atoms with Crippen LogP contribution in [-0.4, -0.2) is 11.3 Å². The second-order valence-corrected chi connectivity index (χ2v) is 19.4. The van der Waals surface area contributed by atoms with Gasteiger partial charge < -0.3 is 14.3 Å². The Labute approximate surface area is 345 Å². The van der Waals surface area contributed by atoms with E-state index in [1.165, 1.54) is 81.3 Å². The van der Waals surface area contributed by atoms with Crippen LogP contribution in [0.25, 0.3) is 42.3 Å². The number of anilines is 6. The van der Waals surface area contributed by atoms with Gasteiger partial charge in [-0.2, -0.15) is 0 Å². The van der Waals surface area contributed by atoms with Crippen molar-refractivity contribution in [2.24, 2.45) is 0 Å². The van der Waals surface area contributed by atoms with Crippen LogP contribution in [0.4, 0.5) is 34.1 Å². The summed E-state index contributed by atoms with van der Waals surface area (Å²) in [4.78, 5) is 4.97. The lowest BCUT2D eigenvalue weighted by atomic mass is 9.45. The summed E-state index contributed by atoms with van der Waals surface area (Å²) in [6, 6.07) is 57.4. The molecule has 0 bridgehead atoms. The minimum absolute atomic E-state index is 0.0400. The quantitative estimate of drug-likeness (QED) is 0.165. The molecule has 2 aromatic heterocycles. The van der Waals surface area contributed by atoms with E-state index in [-0.39, 0.29) is 17.7 Å². The number of nitrogens with zero attached hydrogens (tertiary/aromatic N) is 3. The highest BCUT2D eigenvalue weighted by atomic mass is 32.1. The average Bonchev–Trinajstić information content (AvgIpc) is 3.75. The van der Waals surface area contributed by atoms with Crippen LogP contribution in [0, 0.1) is 6.92 Å². The van der Waals surface area contributed by atoms with Crippen LogP contribution in [0.3, 0.4) is 0 Å². The van der Waals surface area contributed by atoms with E-state index in [1.807, 2.05) is 11.3 Å². The highest BCUT2D eigenvalue weighted by Gasteiger charge is 2.43. The molecule has 58 heavy (non-hydrogen) atoms. The molecule has 0 N–H and O–H groups in total. The third-order valence-corrected chi connectivity index (χ3v) is 13.7. The number of hydrogen-bond donors (Lipinski definition) is 0. The fourth-order valence-corrected chi connectivity index (χ4v) is 10.9. The number of aryl methyl sites for hydroxylation is 1. The van der Waals surface area contributed by atoms with E-state index in [9.17, 15) is 0 Å². The highest BCUT2D eigenvalue weighted by Crippen LogP contribution is 2.49. The average molecular weight is 768 g/mol. The normalized spacial score (nSPS) is 13.4. The van der Waals surface area contributed by atoms with Crippen molar-refractivity contribution < 1.29 is 0 Å². The van der Waals surface area contributed by atoms with Gasteiger partial charge >= 0.3 is 6.85 Å². The molecule has 5 heteroatoms. The van der Waals surface area contributed by atoms with Gasteiger partial charge in [0, 0.05) is 60.7 Å². The van der Waals surface area contributed by atoms with E-state index >= 15 is 0 Å². The van der Waals surface area contributed by atoms with Crippen LogP contribution >= 0.6 is 11.3 Å². The number of rotatable bonds is 4. The molecular formula is C53H46BN3S. The molecule has 0 aliphatic carbocycles. The first-order valence-corrected chi connectivity index (χ1v) is 21.4. The van der Waals surface area contributed by atoms with Gasteiger partial charge in [-0.3, -0.25) is 0 Å². The Morgan fingerprint density at radius 1 is 0.534 bits per heavy atom. The standard InChI is InChI=1S/C53H46BN3S/c1-33-30-43-40-17-13-18-42-49(40)57(50-41-16-11-12-19-47(41)58-51(42)50)54-44-32-39(28-29-45(44)56(46(31-33)48(43)54)36-14-9-8-10-15-36)55(37-24-20-34(21-25-37)52(2,3)4)38-26-22-35(23-27-38)53(5,6)7/h8-32H,1-7H3. The zero-order valence-corrected chi connectivity index (χ0v) is 35.1. The van der Waals surface area contributed by atoms with Gasteiger partial charge in [0.15, 0.2) is 0 Å². The van der Waals surface area contributed by atoms with Crippen molar-refractivity contribution in [3.8, 4) is 11.1 Å². The SMILES string of the molecule is Cc1cc2c3c(c1)N(c1ccccc1)c1ccc(N(c4ccc(C(C)(C)C)cc4)c4ccc(C(C)(C)C)cc4)cc1B3n1c3c-2cccc3c2sc3ccccc3c21. The summed E-state index contributed by atoms with van der Waals surface area (Å²) in [5.74, 6) is 0. The minimum atomic E-state index is -0.0400. The first kappa shape index (κ1) is 35.2. The molecule has 9 aromatic rings. The Kier molecular flexibility index (Phi) is 7.56. The zero-order valence-electron chi connectivity index (χ0n) is 34.3. The molecule has 282 valence electrons. The van der Waals surface area contributed by atoms with Gasteiger partial charge in [-0.05, 0) is 118 Å². The van der Waals surface area contributed by atoms with E-state index in [1.54, 1.807) is 0 Å². The lowest BCUT2D eigenvalue weighted by Gasteiger charge is -2.41. The van der Waals surface area contributed by atoms with E-state index < -0.39 is 0 Å². The third-order valence-electron chi connectivity index (χ3n) is 12.5. The van der Waals surface area contributed by atoms with Gasteiger partial charge in [0.05, 0.1) is 10.2 Å². The molecule has 0 spiro atoms. The molecule has 0 saturated heterocycles. The Hall–Kier alpha value is -6.04. The number of aromatic nitrogens is 1. The number of hydrogen-bond acceptors (Lipinski definition) is 3. The number of thiophene rings is 1. The van der Waals surface area contributed by atoms with Gasteiger partial charge in [-0.1, -0.05) is 126 Å². The maximum atomic E-state index is 2.71. The molecule has 4 heterocycles. The molecule has 7 aromatic carbocycles. The summed E-state index contributed by atoms with van der Waals surface area (Å²) in [5, 5.41) is 2.66. The monoisotopic (exact) mass is 767 g/mol. The van der Waals surface area contributed by atoms with Crippen molar-refractivity contribution in [2.45, 2.75) is 59.3 Å². The molecule has 0 saturated carbocycles. The smallest absolute Gasteiger partial charge is 0.333 e. The van der Waals surface area contributed by atoms with Crippen LogP contribution in [0.1, 0.15) is 58.2 Å². The summed E-state index contributed by atoms with van der Waals surface area (Å²) in [6.07, 6.45) is 0. The second kappa shape index (κ2) is 12.5. The van der Waals surface area contributed by atoms with Crippen molar-refractivity contribution >= 4 is 94.4 Å². The third kappa shape index (κ3) is 5.19. The van der Waals surface area contributed by atoms with Crippen molar-refractivity contribution in [3.05, 3.63) is 168 Å².